The van der Waals surface area contributed by atoms with Crippen molar-refractivity contribution in [1.29, 1.82) is 0 Å². The molecule has 150 valence electrons. The molecule has 1 aliphatic rings. The van der Waals surface area contributed by atoms with Gasteiger partial charge < -0.3 is 14.7 Å². The first-order valence-corrected chi connectivity index (χ1v) is 10.3. The summed E-state index contributed by atoms with van der Waals surface area (Å²) in [6, 6.07) is 6.33. The second kappa shape index (κ2) is 8.68. The first kappa shape index (κ1) is 20.2. The van der Waals surface area contributed by atoms with E-state index in [9.17, 15) is 0 Å². The van der Waals surface area contributed by atoms with Gasteiger partial charge in [-0.3, -0.25) is 0 Å². The third-order valence-corrected chi connectivity index (χ3v) is 5.15. The number of aryl methyl sites for hydroxylation is 1. The number of methoxy groups -OCH3 is 1. The number of aliphatic imine (C=N–C) groups is 1. The van der Waals surface area contributed by atoms with Gasteiger partial charge in [0, 0.05) is 23.7 Å². The van der Waals surface area contributed by atoms with Crippen molar-refractivity contribution in [2.24, 2.45) is 4.99 Å². The van der Waals surface area contributed by atoms with Gasteiger partial charge in [-0.05, 0) is 48.1 Å². The van der Waals surface area contributed by atoms with Gasteiger partial charge in [0.1, 0.15) is 11.5 Å². The maximum Gasteiger partial charge on any atom is 0.146 e. The van der Waals surface area contributed by atoms with Crippen LogP contribution in [0.2, 0.25) is 0 Å². The van der Waals surface area contributed by atoms with Crippen molar-refractivity contribution >= 4 is 11.8 Å². The average Bonchev–Trinajstić information content (AvgIpc) is 3.37. The molecule has 0 aliphatic carbocycles. The number of aromatic amines is 2. The van der Waals surface area contributed by atoms with Crippen LogP contribution < -0.4 is 0 Å². The van der Waals surface area contributed by atoms with E-state index in [0.29, 0.717) is 0 Å². The van der Waals surface area contributed by atoms with Gasteiger partial charge in [0.25, 0.3) is 0 Å². The molecule has 4 nitrogen and oxygen atoms in total. The number of unbranched alkanes of at least 4 members (excludes halogenated alkanes) is 3. The first-order chi connectivity index (χ1) is 13.4. The van der Waals surface area contributed by atoms with Crippen molar-refractivity contribution in [3.8, 4) is 0 Å². The summed E-state index contributed by atoms with van der Waals surface area (Å²) in [6.45, 7) is 9.03. The van der Waals surface area contributed by atoms with Gasteiger partial charge in [0.05, 0.1) is 18.5 Å². The lowest BCUT2D eigenvalue weighted by molar-refractivity contribution is 0.303. The van der Waals surface area contributed by atoms with Gasteiger partial charge in [0.15, 0.2) is 0 Å². The minimum absolute atomic E-state index is 0.0616. The number of allylic oxidation sites excluding steroid dienone is 1. The molecule has 0 unspecified atom stereocenters. The maximum atomic E-state index is 5.60. The van der Waals surface area contributed by atoms with Gasteiger partial charge in [-0.25, -0.2) is 4.99 Å². The van der Waals surface area contributed by atoms with E-state index in [0.717, 1.165) is 35.0 Å². The molecule has 1 aliphatic heterocycles. The smallest absolute Gasteiger partial charge is 0.146 e. The molecule has 0 saturated carbocycles. The van der Waals surface area contributed by atoms with Crippen LogP contribution in [-0.2, 0) is 16.6 Å². The molecular formula is C24H33N3O. The highest BCUT2D eigenvalue weighted by Gasteiger charge is 2.22. The summed E-state index contributed by atoms with van der Waals surface area (Å²) in [5.74, 6) is 0.795. The fourth-order valence-electron chi connectivity index (χ4n) is 3.59. The Balaban J connectivity index is 1.91. The van der Waals surface area contributed by atoms with Gasteiger partial charge >= 0.3 is 0 Å². The molecule has 3 heterocycles. The fraction of sp³-hybridized carbons (Fsp3) is 0.458. The van der Waals surface area contributed by atoms with Crippen LogP contribution in [-0.4, -0.2) is 22.8 Å². The quantitative estimate of drug-likeness (QED) is 0.532. The molecule has 0 aromatic carbocycles. The van der Waals surface area contributed by atoms with Gasteiger partial charge in [-0.2, -0.15) is 0 Å². The van der Waals surface area contributed by atoms with Crippen molar-refractivity contribution in [3.63, 3.8) is 0 Å². The van der Waals surface area contributed by atoms with Crippen molar-refractivity contribution in [1.82, 2.24) is 9.97 Å². The zero-order chi connectivity index (χ0) is 20.1. The monoisotopic (exact) mass is 379 g/mol. The molecule has 2 N–H and O–H groups in total. The number of nitrogens with zero attached hydrogens (tertiary/aromatic N) is 1. The molecule has 0 spiro atoms. The number of H-pyrrole nitrogens is 2. The number of aromatic nitrogens is 2. The lowest BCUT2D eigenvalue weighted by Crippen LogP contribution is -2.11. The number of hydrogen-bond donors (Lipinski definition) is 2. The van der Waals surface area contributed by atoms with E-state index in [1.807, 2.05) is 24.4 Å². The molecule has 0 bridgehead atoms. The average molecular weight is 380 g/mol. The van der Waals surface area contributed by atoms with Crippen LogP contribution in [0.5, 0.6) is 0 Å². The topological polar surface area (TPSA) is 53.2 Å². The molecule has 28 heavy (non-hydrogen) atoms. The second-order valence-corrected chi connectivity index (χ2v) is 8.51. The lowest BCUT2D eigenvalue weighted by Gasteiger charge is -2.18. The Hall–Kier alpha value is -2.49. The molecule has 2 aromatic heterocycles. The highest BCUT2D eigenvalue weighted by molar-refractivity contribution is 6.11. The lowest BCUT2D eigenvalue weighted by atomic mass is 9.86. The Morgan fingerprint density at radius 2 is 2.00 bits per heavy atom. The Labute approximate surface area is 168 Å². The van der Waals surface area contributed by atoms with Crippen molar-refractivity contribution in [2.45, 2.75) is 65.2 Å². The van der Waals surface area contributed by atoms with Crippen LogP contribution in [0.25, 0.3) is 6.08 Å². The van der Waals surface area contributed by atoms with E-state index in [-0.39, 0.29) is 5.41 Å². The van der Waals surface area contributed by atoms with Crippen molar-refractivity contribution < 1.29 is 4.74 Å². The summed E-state index contributed by atoms with van der Waals surface area (Å²) in [4.78, 5) is 11.7. The Morgan fingerprint density at radius 3 is 2.64 bits per heavy atom. The largest absolute Gasteiger partial charge is 0.494 e. The number of ether oxygens (including phenoxy) is 1. The summed E-state index contributed by atoms with van der Waals surface area (Å²) < 4.78 is 5.60. The standard InChI is InChI=1S/C24H33N3O/c1-6-7-8-9-11-17-14-18(24(2,3)4)20(26-17)15-22-23(28-5)16-21(27-22)19-12-10-13-25-19/h10,12-16,25-26H,6-9,11H2,1-5H3. The van der Waals surface area contributed by atoms with Gasteiger partial charge in [-0.15, -0.1) is 0 Å². The molecular weight excluding hydrogens is 346 g/mol. The number of nitrogens with one attached hydrogen (secondary N) is 2. The molecule has 0 fully saturated rings. The minimum atomic E-state index is 0.0616. The highest BCUT2D eigenvalue weighted by atomic mass is 16.5. The van der Waals surface area contributed by atoms with E-state index in [1.54, 1.807) is 7.11 Å². The van der Waals surface area contributed by atoms with E-state index in [1.165, 1.54) is 36.9 Å². The van der Waals surface area contributed by atoms with Crippen LogP contribution in [0, 0.1) is 0 Å². The summed E-state index contributed by atoms with van der Waals surface area (Å²) in [7, 11) is 1.70. The van der Waals surface area contributed by atoms with Crippen LogP contribution in [0.3, 0.4) is 0 Å². The number of rotatable bonds is 8. The van der Waals surface area contributed by atoms with Gasteiger partial charge in [0.2, 0.25) is 0 Å². The molecule has 2 aromatic rings. The molecule has 3 rings (SSSR count). The second-order valence-electron chi connectivity index (χ2n) is 8.51. The third-order valence-electron chi connectivity index (χ3n) is 5.15. The summed E-state index contributed by atoms with van der Waals surface area (Å²) >= 11 is 0. The molecule has 0 amide bonds. The highest BCUT2D eigenvalue weighted by Crippen LogP contribution is 2.31. The van der Waals surface area contributed by atoms with Crippen LogP contribution in [0.15, 0.2) is 46.9 Å². The summed E-state index contributed by atoms with van der Waals surface area (Å²) in [5.41, 5.74) is 6.58. The van der Waals surface area contributed by atoms with Crippen LogP contribution in [0.1, 0.15) is 76.0 Å². The molecule has 0 radical (unpaired) electrons. The first-order valence-electron chi connectivity index (χ1n) is 10.3. The summed E-state index contributed by atoms with van der Waals surface area (Å²) in [5, 5.41) is 0. The maximum absolute atomic E-state index is 5.60. The molecule has 0 atom stereocenters. The minimum Gasteiger partial charge on any atom is -0.494 e. The zero-order valence-corrected chi connectivity index (χ0v) is 17.9. The summed E-state index contributed by atoms with van der Waals surface area (Å²) in [6.07, 6.45) is 12.2. The van der Waals surface area contributed by atoms with E-state index in [2.05, 4.69) is 49.8 Å². The number of hydrogen-bond acceptors (Lipinski definition) is 2. The van der Waals surface area contributed by atoms with E-state index in [4.69, 9.17) is 9.73 Å². The Kier molecular flexibility index (Phi) is 6.28. The van der Waals surface area contributed by atoms with Crippen molar-refractivity contribution in [3.05, 3.63) is 64.6 Å². The molecule has 0 saturated heterocycles. The predicted molar refractivity (Wildman–Crippen MR) is 118 cm³/mol. The predicted octanol–water partition coefficient (Wildman–Crippen LogP) is 6.14. The zero-order valence-electron chi connectivity index (χ0n) is 17.9. The van der Waals surface area contributed by atoms with Crippen molar-refractivity contribution in [2.75, 3.05) is 7.11 Å². The van der Waals surface area contributed by atoms with Gasteiger partial charge in [-0.1, -0.05) is 47.0 Å². The Bertz CT molecular complexity index is 874. The van der Waals surface area contributed by atoms with E-state index < -0.39 is 0 Å². The SMILES string of the molecule is CCCCCCc1cc(C(C)(C)C)c(C=C2N=C(c3ccc[nH]3)C=C2OC)[nH]1. The van der Waals surface area contributed by atoms with Crippen LogP contribution >= 0.6 is 0 Å². The molecule has 4 heteroatoms. The third kappa shape index (κ3) is 4.67. The normalized spacial score (nSPS) is 15.8. The fourth-order valence-corrected chi connectivity index (χ4v) is 3.59. The van der Waals surface area contributed by atoms with Crippen LogP contribution in [0.4, 0.5) is 0 Å². The Morgan fingerprint density at radius 1 is 1.18 bits per heavy atom. The van der Waals surface area contributed by atoms with E-state index >= 15 is 0 Å².